The molecule has 5 fully saturated rings. The average molecular weight is 476 g/mol. The van der Waals surface area contributed by atoms with Crippen molar-refractivity contribution in [3.8, 4) is 0 Å². The molecule has 0 spiro atoms. The van der Waals surface area contributed by atoms with E-state index >= 15 is 4.39 Å². The van der Waals surface area contributed by atoms with E-state index in [2.05, 4.69) is 15.1 Å². The first-order valence-electron chi connectivity index (χ1n) is 13.5. The van der Waals surface area contributed by atoms with Gasteiger partial charge in [-0.2, -0.15) is 0 Å². The van der Waals surface area contributed by atoms with Gasteiger partial charge in [-0.25, -0.2) is 9.18 Å². The van der Waals surface area contributed by atoms with Gasteiger partial charge < -0.3 is 25.0 Å². The van der Waals surface area contributed by atoms with Gasteiger partial charge in [0, 0.05) is 25.2 Å². The van der Waals surface area contributed by atoms with Crippen molar-refractivity contribution < 1.29 is 23.8 Å². The summed E-state index contributed by atoms with van der Waals surface area (Å²) in [5.41, 5.74) is -0.181. The third-order valence-electron chi connectivity index (χ3n) is 9.73. The van der Waals surface area contributed by atoms with Gasteiger partial charge in [-0.05, 0) is 63.5 Å². The number of morpholine rings is 1. The number of carbonyl (C=O) groups excluding carboxylic acids is 1. The number of ketones is 1. The predicted molar refractivity (Wildman–Crippen MR) is 124 cm³/mol. The van der Waals surface area contributed by atoms with E-state index in [4.69, 9.17) is 4.74 Å². The van der Waals surface area contributed by atoms with Crippen molar-refractivity contribution in [2.75, 3.05) is 26.2 Å². The predicted octanol–water partition coefficient (Wildman–Crippen LogP) is 2.36. The Labute approximate surface area is 201 Å². The van der Waals surface area contributed by atoms with Gasteiger partial charge in [0.15, 0.2) is 5.78 Å². The number of carboxylic acid groups (broad SMARTS) is 1. The SMILES string of the molecule is O=C(O)C1=CN2C3CCC4CCCCC4C3OC3C(NCCN4CCCC4)C(F)CC(C1=O)C32. The molecule has 0 aromatic rings. The smallest absolute Gasteiger partial charge is 0.340 e. The van der Waals surface area contributed by atoms with E-state index in [0.717, 1.165) is 38.9 Å². The van der Waals surface area contributed by atoms with Crippen molar-refractivity contribution in [1.82, 2.24) is 15.1 Å². The van der Waals surface area contributed by atoms with Crippen LogP contribution in [-0.4, -0.2) is 89.3 Å². The quantitative estimate of drug-likeness (QED) is 0.591. The Morgan fingerprint density at radius 1 is 1.12 bits per heavy atom. The summed E-state index contributed by atoms with van der Waals surface area (Å²) < 4.78 is 22.5. The molecule has 34 heavy (non-hydrogen) atoms. The van der Waals surface area contributed by atoms with E-state index in [1.54, 1.807) is 6.20 Å². The number of alkyl halides is 1. The Balaban J connectivity index is 1.30. The maximum Gasteiger partial charge on any atom is 0.340 e. The lowest BCUT2D eigenvalue weighted by Crippen LogP contribution is -2.74. The van der Waals surface area contributed by atoms with Crippen LogP contribution in [0.15, 0.2) is 11.8 Å². The highest BCUT2D eigenvalue weighted by molar-refractivity contribution is 6.18. The molecule has 2 N–H and O–H groups in total. The topological polar surface area (TPSA) is 82.1 Å². The number of Topliss-reactive ketones (excluding diaryl/α,β-unsaturated/α-hetero) is 1. The van der Waals surface area contributed by atoms with Gasteiger partial charge in [-0.1, -0.05) is 19.3 Å². The van der Waals surface area contributed by atoms with Crippen molar-refractivity contribution >= 4 is 11.8 Å². The van der Waals surface area contributed by atoms with Crippen LogP contribution in [0.4, 0.5) is 4.39 Å². The second kappa shape index (κ2) is 9.17. The molecule has 2 saturated heterocycles. The highest BCUT2D eigenvalue weighted by Gasteiger charge is 2.60. The second-order valence-electron chi connectivity index (χ2n) is 11.5. The molecule has 3 aliphatic carbocycles. The summed E-state index contributed by atoms with van der Waals surface area (Å²) in [6.45, 7) is 3.81. The van der Waals surface area contributed by atoms with Crippen LogP contribution in [0.1, 0.15) is 57.8 Å². The van der Waals surface area contributed by atoms with E-state index in [1.807, 2.05) is 0 Å². The van der Waals surface area contributed by atoms with Crippen molar-refractivity contribution in [3.63, 3.8) is 0 Å². The summed E-state index contributed by atoms with van der Waals surface area (Å²) in [5, 5.41) is 13.2. The molecule has 8 heteroatoms. The fraction of sp³-hybridized carbons (Fsp3) is 0.846. The first-order chi connectivity index (χ1) is 16.5. The number of likely N-dealkylation sites (tertiary alicyclic amines) is 1. The Kier molecular flexibility index (Phi) is 6.18. The van der Waals surface area contributed by atoms with Gasteiger partial charge in [0.05, 0.1) is 30.3 Å². The molecule has 6 aliphatic rings. The molecular weight excluding hydrogens is 437 g/mol. The first kappa shape index (κ1) is 22.9. The maximum atomic E-state index is 15.7. The number of ether oxygens (including phenoxy) is 1. The number of hydrogen-bond donors (Lipinski definition) is 2. The van der Waals surface area contributed by atoms with Crippen molar-refractivity contribution in [2.45, 2.75) is 94.3 Å². The van der Waals surface area contributed by atoms with Gasteiger partial charge in [-0.15, -0.1) is 0 Å². The number of rotatable bonds is 5. The van der Waals surface area contributed by atoms with Crippen LogP contribution in [0.5, 0.6) is 0 Å². The number of carbonyl (C=O) groups is 2. The van der Waals surface area contributed by atoms with E-state index in [9.17, 15) is 14.7 Å². The van der Waals surface area contributed by atoms with Gasteiger partial charge >= 0.3 is 5.97 Å². The number of fused-ring (bicyclic) bond motifs is 4. The highest BCUT2D eigenvalue weighted by atomic mass is 19.1. The van der Waals surface area contributed by atoms with Crippen LogP contribution in [-0.2, 0) is 14.3 Å². The average Bonchev–Trinajstić information content (AvgIpc) is 3.35. The number of nitrogens with one attached hydrogen (secondary N) is 1. The van der Waals surface area contributed by atoms with Crippen LogP contribution in [0.3, 0.4) is 0 Å². The highest BCUT2D eigenvalue weighted by Crippen LogP contribution is 2.50. The molecule has 0 aromatic heterocycles. The second-order valence-corrected chi connectivity index (χ2v) is 11.5. The molecule has 3 heterocycles. The van der Waals surface area contributed by atoms with Crippen molar-refractivity contribution in [3.05, 3.63) is 11.8 Å². The Bertz CT molecular complexity index is 846. The number of aliphatic carboxylic acids is 1. The Morgan fingerprint density at radius 3 is 2.71 bits per heavy atom. The summed E-state index contributed by atoms with van der Waals surface area (Å²) in [6, 6.07) is -0.677. The molecule has 0 radical (unpaired) electrons. The number of hydrogen-bond acceptors (Lipinski definition) is 6. The number of halogens is 1. The zero-order valence-electron chi connectivity index (χ0n) is 19.9. The van der Waals surface area contributed by atoms with Gasteiger partial charge in [-0.3, -0.25) is 4.79 Å². The molecule has 7 nitrogen and oxygen atoms in total. The maximum absolute atomic E-state index is 15.7. The minimum Gasteiger partial charge on any atom is -0.478 e. The monoisotopic (exact) mass is 475 g/mol. The van der Waals surface area contributed by atoms with E-state index in [-0.39, 0.29) is 30.2 Å². The number of nitrogens with zero attached hydrogens (tertiary/aromatic N) is 2. The molecule has 0 aromatic carbocycles. The summed E-state index contributed by atoms with van der Waals surface area (Å²) in [4.78, 5) is 29.6. The largest absolute Gasteiger partial charge is 0.478 e. The molecule has 9 unspecified atom stereocenters. The van der Waals surface area contributed by atoms with Crippen molar-refractivity contribution in [2.24, 2.45) is 17.8 Å². The standard InChI is InChI=1S/C26H38FN3O4/c27-19-13-17-22-25(21(19)28-9-12-29-10-3-4-11-29)34-24-16-6-2-1-5-15(16)7-8-20(24)30(22)14-18(23(17)31)26(32)33/h14-17,19-22,24-25,28H,1-13H2,(H,32,33). The number of carboxylic acids is 1. The third-order valence-corrected chi connectivity index (χ3v) is 9.73. The molecule has 9 atom stereocenters. The lowest BCUT2D eigenvalue weighted by molar-refractivity contribution is -0.220. The fourth-order valence-corrected chi connectivity index (χ4v) is 8.15. The lowest BCUT2D eigenvalue weighted by Gasteiger charge is -2.61. The van der Waals surface area contributed by atoms with Gasteiger partial charge in [0.1, 0.15) is 11.7 Å². The molecule has 0 bridgehead atoms. The molecule has 0 amide bonds. The molecule has 3 saturated carbocycles. The van der Waals surface area contributed by atoms with Crippen LogP contribution in [0.2, 0.25) is 0 Å². The van der Waals surface area contributed by atoms with Gasteiger partial charge in [0.2, 0.25) is 0 Å². The molecule has 6 rings (SSSR count). The third kappa shape index (κ3) is 3.80. The van der Waals surface area contributed by atoms with Crippen LogP contribution >= 0.6 is 0 Å². The Morgan fingerprint density at radius 2 is 1.91 bits per heavy atom. The molecule has 3 aliphatic heterocycles. The van der Waals surface area contributed by atoms with E-state index in [0.29, 0.717) is 18.4 Å². The summed E-state index contributed by atoms with van der Waals surface area (Å²) in [6.07, 6.45) is 9.32. The first-order valence-corrected chi connectivity index (χ1v) is 13.5. The summed E-state index contributed by atoms with van der Waals surface area (Å²) in [5.74, 6) is -1.20. The van der Waals surface area contributed by atoms with E-state index < -0.39 is 36.0 Å². The lowest BCUT2D eigenvalue weighted by atomic mass is 9.64. The van der Waals surface area contributed by atoms with E-state index in [1.165, 1.54) is 32.1 Å². The fourth-order valence-electron chi connectivity index (χ4n) is 8.15. The van der Waals surface area contributed by atoms with Crippen LogP contribution < -0.4 is 5.32 Å². The summed E-state index contributed by atoms with van der Waals surface area (Å²) >= 11 is 0. The Hall–Kier alpha value is -1.51. The van der Waals surface area contributed by atoms with Crippen LogP contribution in [0, 0.1) is 17.8 Å². The van der Waals surface area contributed by atoms with Crippen LogP contribution in [0.25, 0.3) is 0 Å². The molecule has 188 valence electrons. The summed E-state index contributed by atoms with van der Waals surface area (Å²) in [7, 11) is 0. The zero-order chi connectivity index (χ0) is 23.4. The minimum atomic E-state index is -1.23. The normalized spacial score (nSPS) is 44.1. The van der Waals surface area contributed by atoms with Crippen molar-refractivity contribution in [1.29, 1.82) is 0 Å². The van der Waals surface area contributed by atoms with Gasteiger partial charge in [0.25, 0.3) is 0 Å². The molecular formula is C26H38FN3O4. The minimum absolute atomic E-state index is 0.0198. The zero-order valence-corrected chi connectivity index (χ0v) is 19.9.